The Morgan fingerprint density at radius 3 is 2.86 bits per heavy atom. The van der Waals surface area contributed by atoms with Gasteiger partial charge in [0.2, 0.25) is 10.0 Å². The maximum Gasteiger partial charge on any atom is 0.242 e. The fourth-order valence-electron chi connectivity index (χ4n) is 2.61. The summed E-state index contributed by atoms with van der Waals surface area (Å²) < 4.78 is 33.0. The second-order valence-electron chi connectivity index (χ2n) is 6.04. The van der Waals surface area contributed by atoms with E-state index in [2.05, 4.69) is 15.0 Å². The second kappa shape index (κ2) is 6.08. The molecule has 0 spiro atoms. The molecule has 7 heteroatoms. The highest BCUT2D eigenvalue weighted by atomic mass is 32.2. The Kier molecular flexibility index (Phi) is 4.35. The molecule has 1 aromatic heterocycles. The van der Waals surface area contributed by atoms with Crippen molar-refractivity contribution in [3.63, 3.8) is 0 Å². The summed E-state index contributed by atoms with van der Waals surface area (Å²) in [6.45, 7) is 3.27. The summed E-state index contributed by atoms with van der Waals surface area (Å²) in [5.41, 5.74) is 0.905. The predicted octanol–water partition coefficient (Wildman–Crippen LogP) is 1.11. The molecule has 2 fully saturated rings. The van der Waals surface area contributed by atoms with E-state index in [9.17, 15) is 8.42 Å². The fourth-order valence-corrected chi connectivity index (χ4v) is 3.91. The number of aromatic amines is 1. The molecule has 2 unspecified atom stereocenters. The molecule has 2 heterocycles. The largest absolute Gasteiger partial charge is 0.378 e. The van der Waals surface area contributed by atoms with Crippen LogP contribution < -0.4 is 10.0 Å². The van der Waals surface area contributed by atoms with Crippen LogP contribution >= 0.6 is 0 Å². The highest BCUT2D eigenvalue weighted by Gasteiger charge is 2.26. The van der Waals surface area contributed by atoms with E-state index in [1.807, 2.05) is 6.92 Å². The van der Waals surface area contributed by atoms with Crippen LogP contribution in [0.2, 0.25) is 0 Å². The van der Waals surface area contributed by atoms with Crippen LogP contribution in [0.15, 0.2) is 17.2 Å². The molecule has 3 rings (SSSR count). The molecule has 1 saturated heterocycles. The quantitative estimate of drug-likeness (QED) is 0.735. The Morgan fingerprint density at radius 1 is 1.33 bits per heavy atom. The zero-order valence-corrected chi connectivity index (χ0v) is 13.1. The summed E-state index contributed by atoms with van der Waals surface area (Å²) in [6.07, 6.45) is 5.56. The number of aromatic nitrogens is 1. The molecule has 1 aromatic rings. The first-order valence-electron chi connectivity index (χ1n) is 7.57. The van der Waals surface area contributed by atoms with Gasteiger partial charge in [-0.3, -0.25) is 0 Å². The highest BCUT2D eigenvalue weighted by Crippen LogP contribution is 2.20. The van der Waals surface area contributed by atoms with Gasteiger partial charge in [0, 0.05) is 37.1 Å². The van der Waals surface area contributed by atoms with Crippen molar-refractivity contribution in [1.29, 1.82) is 0 Å². The first-order chi connectivity index (χ1) is 10.0. The highest BCUT2D eigenvalue weighted by molar-refractivity contribution is 7.89. The van der Waals surface area contributed by atoms with Crippen LogP contribution in [0.1, 0.15) is 38.3 Å². The summed E-state index contributed by atoms with van der Waals surface area (Å²) in [5, 5.41) is 3.36. The SMILES string of the molecule is CC1CC(NS(=O)(=O)c2c[nH]c(CNC3CC3)c2)CCO1. The zero-order chi connectivity index (χ0) is 14.9. The third kappa shape index (κ3) is 4.06. The van der Waals surface area contributed by atoms with Crippen molar-refractivity contribution in [3.8, 4) is 0 Å². The van der Waals surface area contributed by atoms with Crippen molar-refractivity contribution in [2.24, 2.45) is 0 Å². The lowest BCUT2D eigenvalue weighted by atomic mass is 10.1. The summed E-state index contributed by atoms with van der Waals surface area (Å²) >= 11 is 0. The lowest BCUT2D eigenvalue weighted by Crippen LogP contribution is -2.41. The normalized spacial score (nSPS) is 26.9. The van der Waals surface area contributed by atoms with E-state index in [0.29, 0.717) is 24.1 Å². The van der Waals surface area contributed by atoms with E-state index >= 15 is 0 Å². The standard InChI is InChI=1S/C14H23N3O3S/c1-10-6-12(4-5-20-10)17-21(18,19)14-7-13(16-9-14)8-15-11-2-3-11/h7,9-12,15-17H,2-6,8H2,1H3. The van der Waals surface area contributed by atoms with E-state index in [0.717, 1.165) is 18.5 Å². The first kappa shape index (κ1) is 15.0. The minimum Gasteiger partial charge on any atom is -0.378 e. The summed E-state index contributed by atoms with van der Waals surface area (Å²) in [5.74, 6) is 0. The molecule has 1 saturated carbocycles. The van der Waals surface area contributed by atoms with E-state index < -0.39 is 10.0 Å². The predicted molar refractivity (Wildman–Crippen MR) is 79.4 cm³/mol. The smallest absolute Gasteiger partial charge is 0.242 e. The third-order valence-corrected chi connectivity index (χ3v) is 5.49. The molecule has 0 bridgehead atoms. The number of sulfonamides is 1. The second-order valence-corrected chi connectivity index (χ2v) is 7.75. The molecular formula is C14H23N3O3S. The summed E-state index contributed by atoms with van der Waals surface area (Å²) in [6, 6.07) is 2.28. The monoisotopic (exact) mass is 313 g/mol. The molecule has 21 heavy (non-hydrogen) atoms. The number of ether oxygens (including phenoxy) is 1. The minimum absolute atomic E-state index is 0.0401. The molecule has 2 atom stereocenters. The van der Waals surface area contributed by atoms with Crippen LogP contribution in [0.4, 0.5) is 0 Å². The summed E-state index contributed by atoms with van der Waals surface area (Å²) in [7, 11) is -3.45. The van der Waals surface area contributed by atoms with Gasteiger partial charge < -0.3 is 15.0 Å². The van der Waals surface area contributed by atoms with Gasteiger partial charge in [-0.05, 0) is 38.7 Å². The first-order valence-corrected chi connectivity index (χ1v) is 9.06. The van der Waals surface area contributed by atoms with Gasteiger partial charge in [-0.1, -0.05) is 0 Å². The van der Waals surface area contributed by atoms with E-state index in [1.165, 1.54) is 12.8 Å². The minimum atomic E-state index is -3.45. The van der Waals surface area contributed by atoms with Gasteiger partial charge in [0.25, 0.3) is 0 Å². The maximum atomic E-state index is 12.4. The van der Waals surface area contributed by atoms with Crippen LogP contribution in [0.25, 0.3) is 0 Å². The summed E-state index contributed by atoms with van der Waals surface area (Å²) in [4.78, 5) is 3.35. The molecule has 0 amide bonds. The molecule has 3 N–H and O–H groups in total. The molecule has 1 aliphatic carbocycles. The maximum absolute atomic E-state index is 12.4. The third-order valence-electron chi connectivity index (χ3n) is 3.99. The van der Waals surface area contributed by atoms with Gasteiger partial charge >= 0.3 is 0 Å². The van der Waals surface area contributed by atoms with Gasteiger partial charge in [0.15, 0.2) is 0 Å². The van der Waals surface area contributed by atoms with Crippen molar-refractivity contribution in [3.05, 3.63) is 18.0 Å². The molecular weight excluding hydrogens is 290 g/mol. The zero-order valence-electron chi connectivity index (χ0n) is 12.3. The van der Waals surface area contributed by atoms with Crippen LogP contribution in [-0.2, 0) is 21.3 Å². The number of nitrogens with one attached hydrogen (secondary N) is 3. The van der Waals surface area contributed by atoms with Crippen LogP contribution in [-0.4, -0.2) is 38.2 Å². The lowest BCUT2D eigenvalue weighted by Gasteiger charge is -2.27. The Morgan fingerprint density at radius 2 is 2.14 bits per heavy atom. The van der Waals surface area contributed by atoms with Crippen LogP contribution in [0.3, 0.4) is 0 Å². The number of H-pyrrole nitrogens is 1. The molecule has 1 aliphatic heterocycles. The van der Waals surface area contributed by atoms with Crippen molar-refractivity contribution >= 4 is 10.0 Å². The van der Waals surface area contributed by atoms with E-state index in [-0.39, 0.29) is 12.1 Å². The molecule has 6 nitrogen and oxygen atoms in total. The van der Waals surface area contributed by atoms with Gasteiger partial charge in [0.05, 0.1) is 11.0 Å². The van der Waals surface area contributed by atoms with Gasteiger partial charge in [-0.25, -0.2) is 13.1 Å². The lowest BCUT2D eigenvalue weighted by molar-refractivity contribution is 0.0173. The Balaban J connectivity index is 1.60. The molecule has 0 aromatic carbocycles. The van der Waals surface area contributed by atoms with Crippen molar-refractivity contribution in [2.45, 2.75) is 62.2 Å². The average molecular weight is 313 g/mol. The number of hydrogen-bond donors (Lipinski definition) is 3. The van der Waals surface area contributed by atoms with Crippen molar-refractivity contribution in [1.82, 2.24) is 15.0 Å². The number of hydrogen-bond acceptors (Lipinski definition) is 4. The van der Waals surface area contributed by atoms with E-state index in [1.54, 1.807) is 12.3 Å². The van der Waals surface area contributed by atoms with Gasteiger partial charge in [0.1, 0.15) is 0 Å². The fraction of sp³-hybridized carbons (Fsp3) is 0.714. The van der Waals surface area contributed by atoms with Crippen LogP contribution in [0.5, 0.6) is 0 Å². The van der Waals surface area contributed by atoms with E-state index in [4.69, 9.17) is 4.74 Å². The molecule has 0 radical (unpaired) electrons. The molecule has 118 valence electrons. The van der Waals surface area contributed by atoms with Crippen molar-refractivity contribution < 1.29 is 13.2 Å². The average Bonchev–Trinajstić information content (AvgIpc) is 3.12. The Labute approximate surface area is 125 Å². The topological polar surface area (TPSA) is 83.2 Å². The van der Waals surface area contributed by atoms with Gasteiger partial charge in [-0.15, -0.1) is 0 Å². The van der Waals surface area contributed by atoms with Crippen molar-refractivity contribution in [2.75, 3.05) is 6.61 Å². The van der Waals surface area contributed by atoms with Gasteiger partial charge in [-0.2, -0.15) is 0 Å². The number of rotatable bonds is 6. The Bertz CT molecular complexity index is 580. The molecule has 2 aliphatic rings. The Hall–Kier alpha value is -0.890. The van der Waals surface area contributed by atoms with Crippen LogP contribution in [0, 0.1) is 0 Å².